The molecule has 1 heterocycles. The van der Waals surface area contributed by atoms with Crippen molar-refractivity contribution in [3.63, 3.8) is 0 Å². The molecule has 0 aliphatic carbocycles. The van der Waals surface area contributed by atoms with E-state index in [1.807, 2.05) is 6.92 Å². The van der Waals surface area contributed by atoms with Crippen molar-refractivity contribution in [2.24, 2.45) is 0 Å². The number of benzene rings is 2. The maximum Gasteiger partial charge on any atom is 0.317 e. The molecule has 1 aromatic heterocycles. The van der Waals surface area contributed by atoms with E-state index in [-0.39, 0.29) is 37.1 Å². The van der Waals surface area contributed by atoms with Crippen LogP contribution in [0.2, 0.25) is 10.0 Å². The molecule has 3 amide bonds. The van der Waals surface area contributed by atoms with E-state index in [1.165, 1.54) is 0 Å². The van der Waals surface area contributed by atoms with Crippen molar-refractivity contribution in [3.05, 3.63) is 74.3 Å². The molecule has 0 radical (unpaired) electrons. The molecule has 0 saturated heterocycles. The van der Waals surface area contributed by atoms with E-state index in [0.29, 0.717) is 38.9 Å². The molecule has 0 unspecified atom stereocenters. The molecule has 168 valence electrons. The molecule has 0 atom stereocenters. The Morgan fingerprint density at radius 2 is 1.84 bits per heavy atom. The number of carbonyl (C=O) groups is 2. The Morgan fingerprint density at radius 1 is 1.09 bits per heavy atom. The van der Waals surface area contributed by atoms with Crippen LogP contribution >= 0.6 is 23.2 Å². The second-order valence-corrected chi connectivity index (χ2v) is 7.91. The lowest BCUT2D eigenvalue weighted by atomic mass is 10.2. The third-order valence-electron chi connectivity index (χ3n) is 4.64. The minimum Gasteiger partial charge on any atom is -0.350 e. The molecule has 0 aliphatic rings. The van der Waals surface area contributed by atoms with Crippen molar-refractivity contribution in [2.75, 3.05) is 19.6 Å². The number of nitrogens with one attached hydrogen (secondary N) is 3. The van der Waals surface area contributed by atoms with Crippen molar-refractivity contribution < 1.29 is 9.59 Å². The average molecular weight is 476 g/mol. The number of fused-ring (bicyclic) bond motifs is 1. The first-order valence-electron chi connectivity index (χ1n) is 10.1. The van der Waals surface area contributed by atoms with E-state index in [2.05, 4.69) is 20.6 Å². The Balaban J connectivity index is 1.59. The fourth-order valence-electron chi connectivity index (χ4n) is 3.14. The first-order chi connectivity index (χ1) is 15.4. The van der Waals surface area contributed by atoms with Crippen molar-refractivity contribution in [1.82, 2.24) is 25.5 Å². The van der Waals surface area contributed by atoms with Gasteiger partial charge in [-0.2, -0.15) is 0 Å². The summed E-state index contributed by atoms with van der Waals surface area (Å²) in [5, 5.41) is 6.76. The van der Waals surface area contributed by atoms with Crippen LogP contribution in [0.3, 0.4) is 0 Å². The van der Waals surface area contributed by atoms with E-state index < -0.39 is 0 Å². The second-order valence-electron chi connectivity index (χ2n) is 7.06. The standard InChI is InChI=1S/C22H23Cl2N5O3/c1-2-11-29(13-19-27-18-12-14(23)7-8-16(18)21(31)28-19)22(32)26-10-9-25-20(30)15-5-3-4-6-17(15)24/h3-8,12H,2,9-11,13H2,1H3,(H,25,30)(H,26,32)(H,27,28,31). The highest BCUT2D eigenvalue weighted by molar-refractivity contribution is 6.33. The summed E-state index contributed by atoms with van der Waals surface area (Å²) in [7, 11) is 0. The molecule has 0 fully saturated rings. The summed E-state index contributed by atoms with van der Waals surface area (Å²) in [6.07, 6.45) is 0.723. The third-order valence-corrected chi connectivity index (χ3v) is 5.21. The normalized spacial score (nSPS) is 10.7. The van der Waals surface area contributed by atoms with Gasteiger partial charge in [0.05, 0.1) is 28.0 Å². The van der Waals surface area contributed by atoms with Gasteiger partial charge in [0.2, 0.25) is 0 Å². The van der Waals surface area contributed by atoms with Gasteiger partial charge in [-0.3, -0.25) is 9.59 Å². The molecule has 0 aliphatic heterocycles. The number of halogens is 2. The van der Waals surface area contributed by atoms with Gasteiger partial charge in [-0.25, -0.2) is 9.78 Å². The summed E-state index contributed by atoms with van der Waals surface area (Å²) >= 11 is 12.0. The zero-order valence-corrected chi connectivity index (χ0v) is 19.0. The number of aromatic amines is 1. The first kappa shape index (κ1) is 23.6. The Hall–Kier alpha value is -3.10. The zero-order chi connectivity index (χ0) is 23.1. The molecular weight excluding hydrogens is 453 g/mol. The fraction of sp³-hybridized carbons (Fsp3) is 0.273. The van der Waals surface area contributed by atoms with Crippen molar-refractivity contribution >= 4 is 46.0 Å². The lowest BCUT2D eigenvalue weighted by molar-refractivity contribution is 0.0953. The molecule has 3 rings (SSSR count). The predicted molar refractivity (Wildman–Crippen MR) is 125 cm³/mol. The summed E-state index contributed by atoms with van der Waals surface area (Å²) in [4.78, 5) is 45.9. The van der Waals surface area contributed by atoms with Gasteiger partial charge in [-0.1, -0.05) is 42.3 Å². The van der Waals surface area contributed by atoms with Gasteiger partial charge in [-0.05, 0) is 36.8 Å². The highest BCUT2D eigenvalue weighted by Gasteiger charge is 2.15. The van der Waals surface area contributed by atoms with E-state index in [0.717, 1.165) is 6.42 Å². The lowest BCUT2D eigenvalue weighted by Crippen LogP contribution is -2.43. The quantitative estimate of drug-likeness (QED) is 0.432. The fourth-order valence-corrected chi connectivity index (χ4v) is 3.52. The molecular formula is C22H23Cl2N5O3. The zero-order valence-electron chi connectivity index (χ0n) is 17.5. The number of hydrogen-bond acceptors (Lipinski definition) is 4. The number of amides is 3. The minimum atomic E-state index is -0.326. The van der Waals surface area contributed by atoms with E-state index in [4.69, 9.17) is 23.2 Å². The Labute approximate surface area is 194 Å². The number of hydrogen-bond donors (Lipinski definition) is 3. The molecule has 0 bridgehead atoms. The molecule has 3 aromatic rings. The topological polar surface area (TPSA) is 107 Å². The number of aromatic nitrogens is 2. The van der Waals surface area contributed by atoms with Crippen molar-refractivity contribution in [3.8, 4) is 0 Å². The molecule has 10 heteroatoms. The maximum absolute atomic E-state index is 12.6. The summed E-state index contributed by atoms with van der Waals surface area (Å²) in [6, 6.07) is 11.3. The summed E-state index contributed by atoms with van der Waals surface area (Å²) < 4.78 is 0. The van der Waals surface area contributed by atoms with E-state index in [1.54, 1.807) is 47.4 Å². The summed E-state index contributed by atoms with van der Waals surface area (Å²) in [6.45, 7) is 3.00. The number of H-pyrrole nitrogens is 1. The number of rotatable bonds is 8. The number of carbonyl (C=O) groups excluding carboxylic acids is 2. The van der Waals surface area contributed by atoms with Gasteiger partial charge >= 0.3 is 6.03 Å². The van der Waals surface area contributed by atoms with Gasteiger partial charge in [-0.15, -0.1) is 0 Å². The SMILES string of the molecule is CCCN(Cc1nc2cc(Cl)ccc2c(=O)[nH]1)C(=O)NCCNC(=O)c1ccccc1Cl. The van der Waals surface area contributed by atoms with Crippen LogP contribution in [-0.2, 0) is 6.54 Å². The molecule has 2 aromatic carbocycles. The molecule has 8 nitrogen and oxygen atoms in total. The van der Waals surface area contributed by atoms with Crippen LogP contribution in [0.5, 0.6) is 0 Å². The van der Waals surface area contributed by atoms with Gasteiger partial charge in [0.15, 0.2) is 0 Å². The second kappa shape index (κ2) is 11.0. The maximum atomic E-state index is 12.6. The third kappa shape index (κ3) is 5.99. The van der Waals surface area contributed by atoms with E-state index >= 15 is 0 Å². The van der Waals surface area contributed by atoms with Gasteiger partial charge in [0, 0.05) is 24.7 Å². The first-order valence-corrected chi connectivity index (χ1v) is 10.9. The summed E-state index contributed by atoms with van der Waals surface area (Å²) in [5.41, 5.74) is 0.552. The van der Waals surface area contributed by atoms with Crippen LogP contribution in [0.15, 0.2) is 47.3 Å². The van der Waals surface area contributed by atoms with Crippen molar-refractivity contribution in [2.45, 2.75) is 19.9 Å². The highest BCUT2D eigenvalue weighted by Crippen LogP contribution is 2.15. The van der Waals surface area contributed by atoms with Crippen molar-refractivity contribution in [1.29, 1.82) is 0 Å². The Kier molecular flexibility index (Phi) is 8.08. The number of nitrogens with zero attached hydrogens (tertiary/aromatic N) is 2. The van der Waals surface area contributed by atoms with Crippen LogP contribution in [0.25, 0.3) is 10.9 Å². The lowest BCUT2D eigenvalue weighted by Gasteiger charge is -2.22. The van der Waals surface area contributed by atoms with Crippen LogP contribution in [0.4, 0.5) is 4.79 Å². The molecule has 0 saturated carbocycles. The monoisotopic (exact) mass is 475 g/mol. The largest absolute Gasteiger partial charge is 0.350 e. The molecule has 0 spiro atoms. The Bertz CT molecular complexity index is 1180. The van der Waals surface area contributed by atoms with Crippen LogP contribution in [0, 0.1) is 0 Å². The van der Waals surface area contributed by atoms with Crippen LogP contribution in [0.1, 0.15) is 29.5 Å². The van der Waals surface area contributed by atoms with Gasteiger partial charge in [0.1, 0.15) is 5.82 Å². The minimum absolute atomic E-state index is 0.128. The number of urea groups is 1. The summed E-state index contributed by atoms with van der Waals surface area (Å²) in [5.74, 6) is 0.0484. The Morgan fingerprint density at radius 3 is 2.59 bits per heavy atom. The van der Waals surface area contributed by atoms with Gasteiger partial charge in [0.25, 0.3) is 11.5 Å². The van der Waals surface area contributed by atoms with E-state index in [9.17, 15) is 14.4 Å². The average Bonchev–Trinajstić information content (AvgIpc) is 2.76. The molecule has 32 heavy (non-hydrogen) atoms. The van der Waals surface area contributed by atoms with Gasteiger partial charge < -0.3 is 20.5 Å². The van der Waals surface area contributed by atoms with Crippen LogP contribution < -0.4 is 16.2 Å². The highest BCUT2D eigenvalue weighted by atomic mass is 35.5. The smallest absolute Gasteiger partial charge is 0.317 e. The molecule has 3 N–H and O–H groups in total. The predicted octanol–water partition coefficient (Wildman–Crippen LogP) is 3.58. The van der Waals surface area contributed by atoms with Crippen LogP contribution in [-0.4, -0.2) is 46.4 Å².